The minimum atomic E-state index is -0.278. The van der Waals surface area contributed by atoms with Crippen LogP contribution in [0.25, 0.3) is 6.08 Å². The van der Waals surface area contributed by atoms with Crippen LogP contribution in [0.15, 0.2) is 58.5 Å². The molecule has 90 valence electrons. The number of furan rings is 1. The van der Waals surface area contributed by atoms with Crippen molar-refractivity contribution < 1.29 is 9.21 Å². The summed E-state index contributed by atoms with van der Waals surface area (Å²) in [6.07, 6.45) is 9.57. The van der Waals surface area contributed by atoms with Gasteiger partial charge in [0.15, 0.2) is 0 Å². The Balaban J connectivity index is 1.83. The molecular weight excluding hydrogens is 230 g/mol. The number of nitrogens with one attached hydrogen (secondary N) is 1. The summed E-state index contributed by atoms with van der Waals surface area (Å²) in [6, 6.07) is 6.84. The summed E-state index contributed by atoms with van der Waals surface area (Å²) >= 11 is 0. The second-order valence-electron chi connectivity index (χ2n) is 3.33. The first-order valence-electron chi connectivity index (χ1n) is 5.30. The molecular formula is C13H11N3O2. The minimum absolute atomic E-state index is 0.278. The lowest BCUT2D eigenvalue weighted by Crippen LogP contribution is -2.17. The Morgan fingerprint density at radius 2 is 2.17 bits per heavy atom. The lowest BCUT2D eigenvalue weighted by atomic mass is 10.3. The van der Waals surface area contributed by atoms with Gasteiger partial charge in [-0.15, -0.1) is 0 Å². The second-order valence-corrected chi connectivity index (χ2v) is 3.33. The Hall–Kier alpha value is -2.69. The van der Waals surface area contributed by atoms with Gasteiger partial charge in [-0.2, -0.15) is 5.10 Å². The maximum Gasteiger partial charge on any atom is 0.271 e. The normalized spacial score (nSPS) is 11.1. The summed E-state index contributed by atoms with van der Waals surface area (Å²) < 4.78 is 5.09. The molecule has 0 fully saturated rings. The average Bonchev–Trinajstić information content (AvgIpc) is 2.92. The number of nitrogens with zero attached hydrogens (tertiary/aromatic N) is 2. The van der Waals surface area contributed by atoms with Crippen LogP contribution in [0.1, 0.15) is 16.1 Å². The lowest BCUT2D eigenvalue weighted by Gasteiger charge is -1.96. The maximum atomic E-state index is 11.5. The highest BCUT2D eigenvalue weighted by Gasteiger charge is 2.01. The Morgan fingerprint density at radius 3 is 2.89 bits per heavy atom. The SMILES string of the molecule is O=C(N/N=C/C=C/c1ccco1)c1ccncc1. The zero-order valence-corrected chi connectivity index (χ0v) is 9.48. The number of carbonyl (C=O) groups is 1. The summed E-state index contributed by atoms with van der Waals surface area (Å²) in [5.41, 5.74) is 2.91. The Morgan fingerprint density at radius 1 is 1.33 bits per heavy atom. The number of hydrogen-bond acceptors (Lipinski definition) is 4. The van der Waals surface area contributed by atoms with E-state index >= 15 is 0 Å². The van der Waals surface area contributed by atoms with E-state index in [1.165, 1.54) is 6.21 Å². The van der Waals surface area contributed by atoms with Crippen molar-refractivity contribution in [3.63, 3.8) is 0 Å². The quantitative estimate of drug-likeness (QED) is 0.658. The fraction of sp³-hybridized carbons (Fsp3) is 0. The molecule has 0 bridgehead atoms. The fourth-order valence-corrected chi connectivity index (χ4v) is 1.23. The standard InChI is InChI=1S/C13H11N3O2/c17-13(11-5-8-14-9-6-11)16-15-7-1-3-12-4-2-10-18-12/h1-10H,(H,16,17)/b3-1+,15-7+. The van der Waals surface area contributed by atoms with Gasteiger partial charge in [-0.25, -0.2) is 5.43 Å². The van der Waals surface area contributed by atoms with E-state index in [0.29, 0.717) is 5.56 Å². The summed E-state index contributed by atoms with van der Waals surface area (Å²) in [5.74, 6) is 0.446. The van der Waals surface area contributed by atoms with Gasteiger partial charge in [-0.05, 0) is 36.4 Å². The van der Waals surface area contributed by atoms with Crippen LogP contribution in [-0.2, 0) is 0 Å². The molecule has 0 atom stereocenters. The topological polar surface area (TPSA) is 67.5 Å². The van der Waals surface area contributed by atoms with Crippen molar-refractivity contribution in [3.8, 4) is 0 Å². The van der Waals surface area contributed by atoms with Gasteiger partial charge in [-0.1, -0.05) is 0 Å². The molecule has 2 aromatic rings. The number of amides is 1. The van der Waals surface area contributed by atoms with Gasteiger partial charge in [0.1, 0.15) is 5.76 Å². The molecule has 0 aliphatic rings. The van der Waals surface area contributed by atoms with E-state index in [0.717, 1.165) is 5.76 Å². The highest BCUT2D eigenvalue weighted by atomic mass is 16.3. The first kappa shape index (κ1) is 11.8. The number of allylic oxidation sites excluding steroid dienone is 1. The molecule has 2 rings (SSSR count). The third kappa shape index (κ3) is 3.41. The molecule has 2 heterocycles. The van der Waals surface area contributed by atoms with Gasteiger partial charge < -0.3 is 4.42 Å². The smallest absolute Gasteiger partial charge is 0.271 e. The summed E-state index contributed by atoms with van der Waals surface area (Å²) in [6.45, 7) is 0. The third-order valence-corrected chi connectivity index (χ3v) is 2.07. The van der Waals surface area contributed by atoms with Crippen LogP contribution in [0.2, 0.25) is 0 Å². The molecule has 5 heteroatoms. The second kappa shape index (κ2) is 6.15. The lowest BCUT2D eigenvalue weighted by molar-refractivity contribution is 0.0955. The first-order chi connectivity index (χ1) is 8.86. The Kier molecular flexibility index (Phi) is 4.02. The third-order valence-electron chi connectivity index (χ3n) is 2.07. The molecule has 0 unspecified atom stereocenters. The van der Waals surface area contributed by atoms with Crippen LogP contribution in [-0.4, -0.2) is 17.1 Å². The zero-order chi connectivity index (χ0) is 12.6. The molecule has 1 amide bonds. The Labute approximate surface area is 104 Å². The molecule has 0 spiro atoms. The van der Waals surface area contributed by atoms with Crippen molar-refractivity contribution in [1.82, 2.24) is 10.4 Å². The predicted molar refractivity (Wildman–Crippen MR) is 67.9 cm³/mol. The van der Waals surface area contributed by atoms with Crippen molar-refractivity contribution >= 4 is 18.2 Å². The van der Waals surface area contributed by atoms with Gasteiger partial charge in [0.25, 0.3) is 5.91 Å². The van der Waals surface area contributed by atoms with Crippen molar-refractivity contribution in [2.45, 2.75) is 0 Å². The van der Waals surface area contributed by atoms with E-state index in [1.807, 2.05) is 6.07 Å². The molecule has 1 N–H and O–H groups in total. The molecule has 5 nitrogen and oxygen atoms in total. The van der Waals surface area contributed by atoms with Gasteiger partial charge in [0, 0.05) is 24.2 Å². The van der Waals surface area contributed by atoms with Crippen molar-refractivity contribution in [3.05, 3.63) is 60.3 Å². The van der Waals surface area contributed by atoms with Crippen LogP contribution in [0, 0.1) is 0 Å². The molecule has 2 aromatic heterocycles. The number of aromatic nitrogens is 1. The van der Waals surface area contributed by atoms with Crippen LogP contribution in [0.5, 0.6) is 0 Å². The van der Waals surface area contributed by atoms with Crippen LogP contribution in [0.3, 0.4) is 0 Å². The molecule has 0 aromatic carbocycles. The van der Waals surface area contributed by atoms with Gasteiger partial charge >= 0.3 is 0 Å². The fourth-order valence-electron chi connectivity index (χ4n) is 1.23. The first-order valence-corrected chi connectivity index (χ1v) is 5.30. The summed E-state index contributed by atoms with van der Waals surface area (Å²) in [7, 11) is 0. The summed E-state index contributed by atoms with van der Waals surface area (Å²) in [5, 5.41) is 3.77. The molecule has 0 saturated carbocycles. The number of carbonyl (C=O) groups excluding carboxylic acids is 1. The van der Waals surface area contributed by atoms with Gasteiger partial charge in [0.2, 0.25) is 0 Å². The minimum Gasteiger partial charge on any atom is -0.465 e. The van der Waals surface area contributed by atoms with Crippen LogP contribution in [0.4, 0.5) is 0 Å². The molecule has 0 aliphatic heterocycles. The predicted octanol–water partition coefficient (Wildman–Crippen LogP) is 2.10. The van der Waals surface area contributed by atoms with E-state index < -0.39 is 0 Å². The molecule has 18 heavy (non-hydrogen) atoms. The van der Waals surface area contributed by atoms with Gasteiger partial charge in [0.05, 0.1) is 6.26 Å². The molecule has 0 aliphatic carbocycles. The van der Waals surface area contributed by atoms with Gasteiger partial charge in [-0.3, -0.25) is 9.78 Å². The van der Waals surface area contributed by atoms with Crippen LogP contribution >= 0.6 is 0 Å². The molecule has 0 saturated heterocycles. The highest BCUT2D eigenvalue weighted by molar-refractivity contribution is 5.94. The van der Waals surface area contributed by atoms with Crippen LogP contribution < -0.4 is 5.43 Å². The monoisotopic (exact) mass is 241 g/mol. The average molecular weight is 241 g/mol. The number of hydrogen-bond donors (Lipinski definition) is 1. The molecule has 0 radical (unpaired) electrons. The van der Waals surface area contributed by atoms with E-state index in [2.05, 4.69) is 15.5 Å². The van der Waals surface area contributed by atoms with Crippen molar-refractivity contribution in [2.75, 3.05) is 0 Å². The number of hydrazone groups is 1. The van der Waals surface area contributed by atoms with E-state index in [-0.39, 0.29) is 5.91 Å². The van der Waals surface area contributed by atoms with E-state index in [4.69, 9.17) is 4.42 Å². The maximum absolute atomic E-state index is 11.5. The van der Waals surface area contributed by atoms with Crippen molar-refractivity contribution in [1.29, 1.82) is 0 Å². The Bertz CT molecular complexity index is 545. The van der Waals surface area contributed by atoms with E-state index in [1.54, 1.807) is 49.0 Å². The number of rotatable bonds is 4. The largest absolute Gasteiger partial charge is 0.465 e. The summed E-state index contributed by atoms with van der Waals surface area (Å²) in [4.78, 5) is 15.4. The zero-order valence-electron chi connectivity index (χ0n) is 9.48. The number of pyridine rings is 1. The van der Waals surface area contributed by atoms with Crippen molar-refractivity contribution in [2.24, 2.45) is 5.10 Å². The highest BCUT2D eigenvalue weighted by Crippen LogP contribution is 2.01. The van der Waals surface area contributed by atoms with E-state index in [9.17, 15) is 4.79 Å².